The summed E-state index contributed by atoms with van der Waals surface area (Å²) >= 11 is 1.77. The summed E-state index contributed by atoms with van der Waals surface area (Å²) in [4.78, 5) is 20.5. The van der Waals surface area contributed by atoms with Crippen molar-refractivity contribution < 1.29 is 4.79 Å². The monoisotopic (exact) mass is 355 g/mol. The Bertz CT molecular complexity index is 705. The summed E-state index contributed by atoms with van der Waals surface area (Å²) in [5, 5.41) is 3.59. The fraction of sp³-hybridized carbons (Fsp3) is 0.400. The van der Waals surface area contributed by atoms with Crippen LogP contribution in [0.3, 0.4) is 0 Å². The van der Waals surface area contributed by atoms with Gasteiger partial charge in [0.25, 0.3) is 0 Å². The van der Waals surface area contributed by atoms with E-state index in [2.05, 4.69) is 30.2 Å². The molecule has 2 heterocycles. The number of amides is 2. The number of rotatable bonds is 4. The molecular weight excluding hydrogens is 330 g/mol. The lowest BCUT2D eigenvalue weighted by molar-refractivity contribution is 0.161. The van der Waals surface area contributed by atoms with Gasteiger partial charge in [-0.1, -0.05) is 32.0 Å². The zero-order valence-corrected chi connectivity index (χ0v) is 15.6. The average molecular weight is 356 g/mol. The summed E-state index contributed by atoms with van der Waals surface area (Å²) in [6, 6.07) is 13.9. The van der Waals surface area contributed by atoms with Crippen molar-refractivity contribution in [1.82, 2.24) is 9.88 Å². The molecule has 1 N–H and O–H groups in total. The Morgan fingerprint density at radius 3 is 2.76 bits per heavy atom. The number of carbonyl (C=O) groups excluding carboxylic acids is 1. The first-order valence-corrected chi connectivity index (χ1v) is 9.77. The summed E-state index contributed by atoms with van der Waals surface area (Å²) in [5.41, 5.74) is 1.86. The Kier molecular flexibility index (Phi) is 5.97. The summed E-state index contributed by atoms with van der Waals surface area (Å²) < 4.78 is 0. The molecule has 4 nitrogen and oxygen atoms in total. The summed E-state index contributed by atoms with van der Waals surface area (Å²) in [7, 11) is 0. The van der Waals surface area contributed by atoms with E-state index in [-0.39, 0.29) is 12.1 Å². The highest BCUT2D eigenvalue weighted by molar-refractivity contribution is 8.00. The second kappa shape index (κ2) is 8.39. The lowest BCUT2D eigenvalue weighted by Gasteiger charge is -2.35. The van der Waals surface area contributed by atoms with E-state index in [1.54, 1.807) is 18.0 Å². The molecule has 1 atom stereocenters. The van der Waals surface area contributed by atoms with E-state index in [9.17, 15) is 4.79 Å². The highest BCUT2D eigenvalue weighted by Crippen LogP contribution is 2.33. The van der Waals surface area contributed by atoms with Gasteiger partial charge in [0.15, 0.2) is 0 Å². The van der Waals surface area contributed by atoms with E-state index in [0.29, 0.717) is 5.25 Å². The minimum absolute atomic E-state index is 0.0350. The molecule has 1 aliphatic rings. The van der Waals surface area contributed by atoms with Gasteiger partial charge in [0.2, 0.25) is 0 Å². The normalized spacial score (nSPS) is 17.6. The van der Waals surface area contributed by atoms with Crippen molar-refractivity contribution in [3.8, 4) is 0 Å². The molecule has 1 fully saturated rings. The van der Waals surface area contributed by atoms with E-state index < -0.39 is 0 Å². The van der Waals surface area contributed by atoms with Crippen molar-refractivity contribution in [3.63, 3.8) is 0 Å². The van der Waals surface area contributed by atoms with E-state index in [0.717, 1.165) is 42.1 Å². The Morgan fingerprint density at radius 2 is 2.00 bits per heavy atom. The Morgan fingerprint density at radius 1 is 1.20 bits per heavy atom. The molecule has 132 valence electrons. The molecule has 0 saturated carbocycles. The standard InChI is InChI=1S/C20H25N3OS/c1-15(2)25-19-12-4-3-10-17(19)22-20(24)23-14-8-6-11-18(23)16-9-5-7-13-21-16/h3-5,7,9-10,12-13,15,18H,6,8,11,14H2,1-2H3,(H,22,24). The van der Waals surface area contributed by atoms with Gasteiger partial charge in [0.1, 0.15) is 0 Å². The van der Waals surface area contributed by atoms with E-state index in [1.807, 2.05) is 41.3 Å². The molecule has 1 saturated heterocycles. The molecule has 1 unspecified atom stereocenters. The van der Waals surface area contributed by atoms with E-state index in [1.165, 1.54) is 0 Å². The number of benzene rings is 1. The maximum Gasteiger partial charge on any atom is 0.322 e. The van der Waals surface area contributed by atoms with Crippen LogP contribution in [0.5, 0.6) is 0 Å². The van der Waals surface area contributed by atoms with Gasteiger partial charge in [-0.05, 0) is 43.5 Å². The van der Waals surface area contributed by atoms with Crippen LogP contribution in [0.1, 0.15) is 44.8 Å². The topological polar surface area (TPSA) is 45.2 Å². The molecular formula is C20H25N3OS. The van der Waals surface area contributed by atoms with Crippen LogP contribution in [-0.4, -0.2) is 27.7 Å². The first-order valence-electron chi connectivity index (χ1n) is 8.89. The largest absolute Gasteiger partial charge is 0.322 e. The van der Waals surface area contributed by atoms with Gasteiger partial charge >= 0.3 is 6.03 Å². The number of pyridine rings is 1. The number of aromatic nitrogens is 1. The van der Waals surface area contributed by atoms with Crippen LogP contribution in [0.25, 0.3) is 0 Å². The Balaban J connectivity index is 1.78. The molecule has 0 spiro atoms. The quantitative estimate of drug-likeness (QED) is 0.753. The Hall–Kier alpha value is -2.01. The number of likely N-dealkylation sites (tertiary alicyclic amines) is 1. The summed E-state index contributed by atoms with van der Waals surface area (Å²) in [5.74, 6) is 0. The van der Waals surface area contributed by atoms with Crippen molar-refractivity contribution in [2.45, 2.75) is 49.3 Å². The lowest BCUT2D eigenvalue weighted by atomic mass is 9.99. The second-order valence-electron chi connectivity index (χ2n) is 6.55. The number of para-hydroxylation sites is 1. The summed E-state index contributed by atoms with van der Waals surface area (Å²) in [6.07, 6.45) is 4.94. The molecule has 25 heavy (non-hydrogen) atoms. The highest BCUT2D eigenvalue weighted by Gasteiger charge is 2.29. The molecule has 1 aromatic heterocycles. The number of thioether (sulfide) groups is 1. The fourth-order valence-electron chi connectivity index (χ4n) is 3.17. The van der Waals surface area contributed by atoms with Crippen LogP contribution in [0, 0.1) is 0 Å². The fourth-order valence-corrected chi connectivity index (χ4v) is 4.08. The number of hydrogen-bond donors (Lipinski definition) is 1. The number of nitrogens with zero attached hydrogens (tertiary/aromatic N) is 2. The van der Waals surface area contributed by atoms with Crippen LogP contribution < -0.4 is 5.32 Å². The van der Waals surface area contributed by atoms with Crippen molar-refractivity contribution in [2.75, 3.05) is 11.9 Å². The molecule has 0 radical (unpaired) electrons. The van der Waals surface area contributed by atoms with Crippen LogP contribution in [0.2, 0.25) is 0 Å². The minimum Gasteiger partial charge on any atom is -0.316 e. The van der Waals surface area contributed by atoms with Gasteiger partial charge in [0, 0.05) is 22.9 Å². The molecule has 1 aliphatic heterocycles. The molecule has 1 aromatic carbocycles. The molecule has 3 rings (SSSR count). The smallest absolute Gasteiger partial charge is 0.316 e. The van der Waals surface area contributed by atoms with E-state index >= 15 is 0 Å². The SMILES string of the molecule is CC(C)Sc1ccccc1NC(=O)N1CCCCC1c1ccccn1. The zero-order valence-electron chi connectivity index (χ0n) is 14.8. The first kappa shape index (κ1) is 17.8. The predicted octanol–water partition coefficient (Wildman–Crippen LogP) is 5.34. The third-order valence-corrected chi connectivity index (χ3v) is 5.37. The zero-order chi connectivity index (χ0) is 17.6. The summed E-state index contributed by atoms with van der Waals surface area (Å²) in [6.45, 7) is 5.09. The number of urea groups is 1. The van der Waals surface area contributed by atoms with Gasteiger partial charge in [-0.25, -0.2) is 4.79 Å². The third-order valence-electron chi connectivity index (χ3n) is 4.28. The van der Waals surface area contributed by atoms with Crippen molar-refractivity contribution in [1.29, 1.82) is 0 Å². The number of carbonyl (C=O) groups is 1. The maximum absolute atomic E-state index is 13.0. The predicted molar refractivity (Wildman–Crippen MR) is 104 cm³/mol. The minimum atomic E-state index is -0.0350. The molecule has 2 aromatic rings. The molecule has 0 bridgehead atoms. The molecule has 2 amide bonds. The van der Waals surface area contributed by atoms with Crippen LogP contribution >= 0.6 is 11.8 Å². The van der Waals surface area contributed by atoms with Gasteiger partial charge in [-0.3, -0.25) is 4.98 Å². The van der Waals surface area contributed by atoms with Crippen molar-refractivity contribution in [2.24, 2.45) is 0 Å². The highest BCUT2D eigenvalue weighted by atomic mass is 32.2. The third kappa shape index (κ3) is 4.54. The van der Waals surface area contributed by atoms with E-state index in [4.69, 9.17) is 0 Å². The number of anilines is 1. The number of nitrogens with one attached hydrogen (secondary N) is 1. The average Bonchev–Trinajstić information content (AvgIpc) is 2.63. The Labute approximate surface area is 154 Å². The maximum atomic E-state index is 13.0. The van der Waals surface area contributed by atoms with Crippen LogP contribution in [0.15, 0.2) is 53.6 Å². The lowest BCUT2D eigenvalue weighted by Crippen LogP contribution is -2.41. The van der Waals surface area contributed by atoms with Crippen molar-refractivity contribution >= 4 is 23.5 Å². The van der Waals surface area contributed by atoms with Crippen molar-refractivity contribution in [3.05, 3.63) is 54.4 Å². The number of piperidine rings is 1. The molecule has 5 heteroatoms. The van der Waals surface area contributed by atoms with Crippen LogP contribution in [0.4, 0.5) is 10.5 Å². The van der Waals surface area contributed by atoms with Gasteiger partial charge in [-0.2, -0.15) is 0 Å². The second-order valence-corrected chi connectivity index (χ2v) is 8.17. The van der Waals surface area contributed by atoms with Gasteiger partial charge < -0.3 is 10.2 Å². The van der Waals surface area contributed by atoms with Gasteiger partial charge in [-0.15, -0.1) is 11.8 Å². The van der Waals surface area contributed by atoms with Gasteiger partial charge in [0.05, 0.1) is 17.4 Å². The first-order chi connectivity index (χ1) is 12.1. The van der Waals surface area contributed by atoms with Crippen LogP contribution in [-0.2, 0) is 0 Å². The number of hydrogen-bond acceptors (Lipinski definition) is 3. The molecule has 0 aliphatic carbocycles.